The van der Waals surface area contributed by atoms with Crippen LogP contribution in [-0.4, -0.2) is 79.6 Å². The Morgan fingerprint density at radius 1 is 1.19 bits per heavy atom. The standard InChI is InChI=1S/C20H26N4O6S/c1-3-30-20(26)18-14-22-24(15(18)2)17-6-4-16(5-7-17)19(25)21-8-13-31(27,28)23-9-11-29-12-10-23/h4-7,14H,3,8-13H2,1-2H3,(H,21,25). The summed E-state index contributed by atoms with van der Waals surface area (Å²) in [5.74, 6) is -0.970. The van der Waals surface area contributed by atoms with Crippen LogP contribution in [0.1, 0.15) is 33.3 Å². The molecule has 1 fully saturated rings. The zero-order valence-electron chi connectivity index (χ0n) is 17.5. The summed E-state index contributed by atoms with van der Waals surface area (Å²) >= 11 is 0. The third-order valence-corrected chi connectivity index (χ3v) is 6.76. The quantitative estimate of drug-likeness (QED) is 0.589. The van der Waals surface area contributed by atoms with Crippen LogP contribution in [0.3, 0.4) is 0 Å². The number of nitrogens with one attached hydrogen (secondary N) is 1. The molecule has 1 amide bonds. The fourth-order valence-corrected chi connectivity index (χ4v) is 4.51. The van der Waals surface area contributed by atoms with Gasteiger partial charge < -0.3 is 14.8 Å². The molecular weight excluding hydrogens is 424 g/mol. The number of hydrogen-bond donors (Lipinski definition) is 1. The molecule has 0 unspecified atom stereocenters. The van der Waals surface area contributed by atoms with Gasteiger partial charge in [-0.25, -0.2) is 17.9 Å². The predicted molar refractivity (Wildman–Crippen MR) is 113 cm³/mol. The van der Waals surface area contributed by atoms with E-state index in [2.05, 4.69) is 10.4 Å². The summed E-state index contributed by atoms with van der Waals surface area (Å²) in [5.41, 5.74) is 2.08. The predicted octanol–water partition coefficient (Wildman–Crippen LogP) is 0.749. The number of rotatable bonds is 8. The number of esters is 1. The molecule has 1 N–H and O–H groups in total. The summed E-state index contributed by atoms with van der Waals surface area (Å²) < 4.78 is 37.8. The number of nitrogens with zero attached hydrogens (tertiary/aromatic N) is 3. The number of benzene rings is 1. The van der Waals surface area contributed by atoms with Crippen molar-refractivity contribution in [1.82, 2.24) is 19.4 Å². The molecule has 1 aliphatic heterocycles. The lowest BCUT2D eigenvalue weighted by molar-refractivity contribution is 0.0525. The number of amides is 1. The van der Waals surface area contributed by atoms with Gasteiger partial charge in [-0.1, -0.05) is 0 Å². The second-order valence-electron chi connectivity index (χ2n) is 6.91. The van der Waals surface area contributed by atoms with Crippen molar-refractivity contribution >= 4 is 21.9 Å². The van der Waals surface area contributed by atoms with Crippen LogP contribution < -0.4 is 5.32 Å². The number of morpholine rings is 1. The molecule has 0 radical (unpaired) electrons. The van der Waals surface area contributed by atoms with E-state index in [9.17, 15) is 18.0 Å². The van der Waals surface area contributed by atoms with Gasteiger partial charge in [-0.15, -0.1) is 0 Å². The van der Waals surface area contributed by atoms with Crippen LogP contribution in [0.2, 0.25) is 0 Å². The molecule has 2 heterocycles. The number of ether oxygens (including phenoxy) is 2. The van der Waals surface area contributed by atoms with Crippen molar-refractivity contribution in [3.05, 3.63) is 47.3 Å². The molecule has 0 aliphatic carbocycles. The van der Waals surface area contributed by atoms with E-state index in [0.29, 0.717) is 48.8 Å². The lowest BCUT2D eigenvalue weighted by Crippen LogP contribution is -2.43. The van der Waals surface area contributed by atoms with E-state index in [4.69, 9.17) is 9.47 Å². The average molecular weight is 451 g/mol. The second kappa shape index (κ2) is 10.0. The Morgan fingerprint density at radius 2 is 1.87 bits per heavy atom. The molecule has 1 aromatic heterocycles. The first-order valence-corrected chi connectivity index (χ1v) is 11.6. The van der Waals surface area contributed by atoms with Crippen molar-refractivity contribution in [3.63, 3.8) is 0 Å². The summed E-state index contributed by atoms with van der Waals surface area (Å²) in [4.78, 5) is 24.3. The molecule has 0 bridgehead atoms. The van der Waals surface area contributed by atoms with Crippen molar-refractivity contribution in [2.45, 2.75) is 13.8 Å². The number of hydrogen-bond acceptors (Lipinski definition) is 7. The van der Waals surface area contributed by atoms with Crippen LogP contribution in [0, 0.1) is 6.92 Å². The van der Waals surface area contributed by atoms with Crippen LogP contribution in [0.25, 0.3) is 5.69 Å². The average Bonchev–Trinajstić information content (AvgIpc) is 3.16. The van der Waals surface area contributed by atoms with Crippen molar-refractivity contribution in [2.24, 2.45) is 0 Å². The van der Waals surface area contributed by atoms with Gasteiger partial charge in [0, 0.05) is 25.2 Å². The van der Waals surface area contributed by atoms with E-state index in [1.165, 1.54) is 10.5 Å². The Labute approximate surface area is 181 Å². The maximum absolute atomic E-state index is 12.4. The Kier molecular flexibility index (Phi) is 7.42. The van der Waals surface area contributed by atoms with Crippen molar-refractivity contribution in [3.8, 4) is 5.69 Å². The normalized spacial score (nSPS) is 14.9. The van der Waals surface area contributed by atoms with Gasteiger partial charge in [-0.05, 0) is 38.1 Å². The van der Waals surface area contributed by atoms with E-state index in [1.807, 2.05) is 0 Å². The highest BCUT2D eigenvalue weighted by Gasteiger charge is 2.24. The first-order chi connectivity index (χ1) is 14.8. The van der Waals surface area contributed by atoms with Crippen LogP contribution in [0.5, 0.6) is 0 Å². The molecular formula is C20H26N4O6S. The minimum atomic E-state index is -3.43. The third-order valence-electron chi connectivity index (χ3n) is 4.89. The smallest absolute Gasteiger partial charge is 0.341 e. The first kappa shape index (κ1) is 22.9. The highest BCUT2D eigenvalue weighted by Crippen LogP contribution is 2.16. The monoisotopic (exact) mass is 450 g/mol. The minimum Gasteiger partial charge on any atom is -0.462 e. The summed E-state index contributed by atoms with van der Waals surface area (Å²) in [6.45, 7) is 5.23. The van der Waals surface area contributed by atoms with Crippen LogP contribution in [0.15, 0.2) is 30.5 Å². The minimum absolute atomic E-state index is 0.0153. The van der Waals surface area contributed by atoms with Crippen molar-refractivity contribution < 1.29 is 27.5 Å². The maximum Gasteiger partial charge on any atom is 0.341 e. The highest BCUT2D eigenvalue weighted by atomic mass is 32.2. The van der Waals surface area contributed by atoms with Gasteiger partial charge >= 0.3 is 5.97 Å². The molecule has 1 saturated heterocycles. The van der Waals surface area contributed by atoms with E-state index < -0.39 is 16.0 Å². The third kappa shape index (κ3) is 5.49. The molecule has 11 heteroatoms. The van der Waals surface area contributed by atoms with Gasteiger partial charge in [0.15, 0.2) is 0 Å². The van der Waals surface area contributed by atoms with Gasteiger partial charge in [0.1, 0.15) is 5.56 Å². The lowest BCUT2D eigenvalue weighted by Gasteiger charge is -2.26. The van der Waals surface area contributed by atoms with Gasteiger partial charge in [0.05, 0.1) is 43.2 Å². The summed E-state index contributed by atoms with van der Waals surface area (Å²) in [7, 11) is -3.43. The largest absolute Gasteiger partial charge is 0.462 e. The molecule has 1 aliphatic rings. The fraction of sp³-hybridized carbons (Fsp3) is 0.450. The molecule has 1 aromatic carbocycles. The number of carbonyl (C=O) groups excluding carboxylic acids is 2. The first-order valence-electron chi connectivity index (χ1n) is 9.99. The Hall–Kier alpha value is -2.76. The van der Waals surface area contributed by atoms with Crippen molar-refractivity contribution in [1.29, 1.82) is 0 Å². The molecule has 2 aromatic rings. The fourth-order valence-electron chi connectivity index (χ4n) is 3.18. The highest BCUT2D eigenvalue weighted by molar-refractivity contribution is 7.89. The molecule has 0 saturated carbocycles. The van der Waals surface area contributed by atoms with Gasteiger partial charge in [0.2, 0.25) is 10.0 Å². The molecule has 0 atom stereocenters. The topological polar surface area (TPSA) is 120 Å². The van der Waals surface area contributed by atoms with Gasteiger partial charge in [0.25, 0.3) is 5.91 Å². The number of sulfonamides is 1. The Bertz CT molecular complexity index is 1030. The molecule has 3 rings (SSSR count). The maximum atomic E-state index is 12.4. The van der Waals surface area contributed by atoms with Crippen LogP contribution >= 0.6 is 0 Å². The summed E-state index contributed by atoms with van der Waals surface area (Å²) in [6.07, 6.45) is 1.45. The van der Waals surface area contributed by atoms with Crippen molar-refractivity contribution in [2.75, 3.05) is 45.2 Å². The summed E-state index contributed by atoms with van der Waals surface area (Å²) in [6, 6.07) is 6.64. The molecule has 31 heavy (non-hydrogen) atoms. The van der Waals surface area contributed by atoms with E-state index in [1.54, 1.807) is 42.8 Å². The molecule has 168 valence electrons. The zero-order chi connectivity index (χ0) is 22.4. The Morgan fingerprint density at radius 3 is 2.52 bits per heavy atom. The molecule has 0 spiro atoms. The van der Waals surface area contributed by atoms with Gasteiger partial charge in [-0.3, -0.25) is 4.79 Å². The molecule has 10 nitrogen and oxygen atoms in total. The van der Waals surface area contributed by atoms with E-state index in [-0.39, 0.29) is 24.8 Å². The zero-order valence-corrected chi connectivity index (χ0v) is 18.4. The summed E-state index contributed by atoms with van der Waals surface area (Å²) in [5, 5.41) is 6.86. The lowest BCUT2D eigenvalue weighted by atomic mass is 10.2. The van der Waals surface area contributed by atoms with Crippen LogP contribution in [0.4, 0.5) is 0 Å². The van der Waals surface area contributed by atoms with Crippen LogP contribution in [-0.2, 0) is 19.5 Å². The second-order valence-corrected chi connectivity index (χ2v) is 8.99. The Balaban J connectivity index is 1.59. The number of aromatic nitrogens is 2. The van der Waals surface area contributed by atoms with E-state index >= 15 is 0 Å². The number of carbonyl (C=O) groups is 2. The van der Waals surface area contributed by atoms with E-state index in [0.717, 1.165) is 0 Å². The SMILES string of the molecule is CCOC(=O)c1cnn(-c2ccc(C(=O)NCCS(=O)(=O)N3CCOCC3)cc2)c1C. The van der Waals surface area contributed by atoms with Gasteiger partial charge in [-0.2, -0.15) is 9.40 Å².